The predicted octanol–water partition coefficient (Wildman–Crippen LogP) is 4.04. The van der Waals surface area contributed by atoms with Crippen LogP contribution in [0.4, 0.5) is 0 Å². The highest BCUT2D eigenvalue weighted by Crippen LogP contribution is 2.29. The molecule has 1 heterocycles. The summed E-state index contributed by atoms with van der Waals surface area (Å²) in [5.74, 6) is 1.58. The summed E-state index contributed by atoms with van der Waals surface area (Å²) in [6, 6.07) is 16.6. The van der Waals surface area contributed by atoms with Crippen LogP contribution in [0.2, 0.25) is 0 Å². The third-order valence-corrected chi connectivity index (χ3v) is 3.52. The van der Waals surface area contributed by atoms with Crippen LogP contribution >= 0.6 is 0 Å². The van der Waals surface area contributed by atoms with Crippen LogP contribution in [0, 0.1) is 0 Å². The fourth-order valence-corrected chi connectivity index (χ4v) is 2.42. The van der Waals surface area contributed by atoms with Crippen molar-refractivity contribution >= 4 is 0 Å². The minimum atomic E-state index is 0.0388. The first kappa shape index (κ1) is 15.9. The molecule has 0 amide bonds. The van der Waals surface area contributed by atoms with E-state index in [0.29, 0.717) is 5.88 Å². The Morgan fingerprint density at radius 3 is 2.25 bits per heavy atom. The molecule has 1 aromatic heterocycles. The highest BCUT2D eigenvalue weighted by Gasteiger charge is 2.14. The number of benzene rings is 2. The number of hydrogen-bond donors (Lipinski definition) is 1. The molecule has 2 aromatic carbocycles. The summed E-state index contributed by atoms with van der Waals surface area (Å²) in [5, 5.41) is 14.1. The van der Waals surface area contributed by atoms with Crippen LogP contribution < -0.4 is 9.47 Å². The number of aromatic hydroxyl groups is 1. The van der Waals surface area contributed by atoms with E-state index in [9.17, 15) is 5.11 Å². The zero-order chi connectivity index (χ0) is 17.1. The molecule has 0 bridgehead atoms. The van der Waals surface area contributed by atoms with Gasteiger partial charge >= 0.3 is 0 Å². The van der Waals surface area contributed by atoms with E-state index >= 15 is 0 Å². The van der Waals surface area contributed by atoms with Gasteiger partial charge in [-0.2, -0.15) is 0 Å². The van der Waals surface area contributed by atoms with Gasteiger partial charge in [0.15, 0.2) is 0 Å². The number of rotatable bonds is 5. The van der Waals surface area contributed by atoms with Gasteiger partial charge in [-0.15, -0.1) is 5.10 Å². The Labute approximate surface area is 141 Å². The molecule has 0 spiro atoms. The molecule has 5 heteroatoms. The standard InChI is InChI=1S/C19H20N2O3/c1-13(2)24-19-12-18(14-4-8-16(22)9-5-14)21(20-19)15-6-10-17(23-3)11-7-15/h4-13,22H,1-3H3. The normalized spacial score (nSPS) is 10.8. The first-order valence-electron chi connectivity index (χ1n) is 7.77. The van der Waals surface area contributed by atoms with Crippen molar-refractivity contribution in [2.75, 3.05) is 7.11 Å². The minimum absolute atomic E-state index is 0.0388. The monoisotopic (exact) mass is 324 g/mol. The molecule has 24 heavy (non-hydrogen) atoms. The molecule has 0 atom stereocenters. The molecule has 0 saturated heterocycles. The van der Waals surface area contributed by atoms with Crippen LogP contribution in [-0.2, 0) is 0 Å². The zero-order valence-electron chi connectivity index (χ0n) is 13.9. The van der Waals surface area contributed by atoms with Gasteiger partial charge in [-0.05, 0) is 62.4 Å². The van der Waals surface area contributed by atoms with Crippen molar-refractivity contribution in [2.24, 2.45) is 0 Å². The van der Waals surface area contributed by atoms with Crippen LogP contribution in [-0.4, -0.2) is 28.1 Å². The van der Waals surface area contributed by atoms with E-state index in [1.54, 1.807) is 19.2 Å². The maximum atomic E-state index is 9.51. The summed E-state index contributed by atoms with van der Waals surface area (Å²) in [6.07, 6.45) is 0.0388. The molecule has 0 saturated carbocycles. The van der Waals surface area contributed by atoms with E-state index < -0.39 is 0 Å². The highest BCUT2D eigenvalue weighted by atomic mass is 16.5. The first-order valence-corrected chi connectivity index (χ1v) is 7.77. The summed E-state index contributed by atoms with van der Waals surface area (Å²) in [4.78, 5) is 0. The lowest BCUT2D eigenvalue weighted by Crippen LogP contribution is -2.06. The molecule has 3 aromatic rings. The van der Waals surface area contributed by atoms with E-state index in [4.69, 9.17) is 9.47 Å². The molecule has 3 rings (SSSR count). The average Bonchev–Trinajstić information content (AvgIpc) is 2.98. The maximum absolute atomic E-state index is 9.51. The molecule has 1 N–H and O–H groups in total. The van der Waals surface area contributed by atoms with Gasteiger partial charge in [-0.1, -0.05) is 0 Å². The molecule has 0 aliphatic carbocycles. The number of nitrogens with zero attached hydrogens (tertiary/aromatic N) is 2. The predicted molar refractivity (Wildman–Crippen MR) is 93.0 cm³/mol. The van der Waals surface area contributed by atoms with Crippen LogP contribution in [0.15, 0.2) is 54.6 Å². The SMILES string of the molecule is COc1ccc(-n2nc(OC(C)C)cc2-c2ccc(O)cc2)cc1. The smallest absolute Gasteiger partial charge is 0.234 e. The van der Waals surface area contributed by atoms with Gasteiger partial charge in [0, 0.05) is 11.6 Å². The van der Waals surface area contributed by atoms with E-state index in [-0.39, 0.29) is 11.9 Å². The zero-order valence-corrected chi connectivity index (χ0v) is 13.9. The molecule has 5 nitrogen and oxygen atoms in total. The summed E-state index contributed by atoms with van der Waals surface area (Å²) in [7, 11) is 1.64. The van der Waals surface area contributed by atoms with Crippen molar-refractivity contribution in [1.82, 2.24) is 9.78 Å². The second-order valence-electron chi connectivity index (χ2n) is 5.69. The van der Waals surface area contributed by atoms with E-state index in [1.165, 1.54) is 0 Å². The fraction of sp³-hybridized carbons (Fsp3) is 0.211. The van der Waals surface area contributed by atoms with E-state index in [2.05, 4.69) is 5.10 Å². The van der Waals surface area contributed by atoms with Gasteiger partial charge in [0.2, 0.25) is 5.88 Å². The Balaban J connectivity index is 2.07. The van der Waals surface area contributed by atoms with Gasteiger partial charge in [-0.3, -0.25) is 0 Å². The molecule has 0 radical (unpaired) electrons. The van der Waals surface area contributed by atoms with Gasteiger partial charge < -0.3 is 14.6 Å². The van der Waals surface area contributed by atoms with Crippen molar-refractivity contribution < 1.29 is 14.6 Å². The molecular formula is C19H20N2O3. The minimum Gasteiger partial charge on any atom is -0.508 e. The number of hydrogen-bond acceptors (Lipinski definition) is 4. The number of ether oxygens (including phenoxy) is 2. The lowest BCUT2D eigenvalue weighted by Gasteiger charge is -2.08. The van der Waals surface area contributed by atoms with E-state index in [1.807, 2.05) is 61.0 Å². The second kappa shape index (κ2) is 6.66. The van der Waals surface area contributed by atoms with Crippen LogP contribution in [0.5, 0.6) is 17.4 Å². The number of aromatic nitrogens is 2. The first-order chi connectivity index (χ1) is 11.6. The topological polar surface area (TPSA) is 56.5 Å². The van der Waals surface area contributed by atoms with Crippen molar-refractivity contribution in [1.29, 1.82) is 0 Å². The average molecular weight is 324 g/mol. The van der Waals surface area contributed by atoms with Crippen LogP contribution in [0.25, 0.3) is 16.9 Å². The largest absolute Gasteiger partial charge is 0.508 e. The van der Waals surface area contributed by atoms with Crippen molar-refractivity contribution in [3.63, 3.8) is 0 Å². The van der Waals surface area contributed by atoms with Crippen LogP contribution in [0.3, 0.4) is 0 Å². The molecule has 124 valence electrons. The third-order valence-electron chi connectivity index (χ3n) is 3.52. The molecule has 0 unspecified atom stereocenters. The number of phenols is 1. The Bertz CT molecular complexity index is 806. The summed E-state index contributed by atoms with van der Waals surface area (Å²) in [5.41, 5.74) is 2.73. The lowest BCUT2D eigenvalue weighted by atomic mass is 10.1. The number of methoxy groups -OCH3 is 1. The Hall–Kier alpha value is -2.95. The van der Waals surface area contributed by atoms with Gasteiger partial charge in [0.05, 0.1) is 24.6 Å². The third kappa shape index (κ3) is 3.35. The molecule has 0 aliphatic heterocycles. The lowest BCUT2D eigenvalue weighted by molar-refractivity contribution is 0.231. The van der Waals surface area contributed by atoms with Gasteiger partial charge in [-0.25, -0.2) is 4.68 Å². The van der Waals surface area contributed by atoms with Crippen LogP contribution in [0.1, 0.15) is 13.8 Å². The Morgan fingerprint density at radius 2 is 1.67 bits per heavy atom. The second-order valence-corrected chi connectivity index (χ2v) is 5.69. The summed E-state index contributed by atoms with van der Waals surface area (Å²) >= 11 is 0. The Kier molecular flexibility index (Phi) is 4.42. The highest BCUT2D eigenvalue weighted by molar-refractivity contribution is 5.64. The van der Waals surface area contributed by atoms with Gasteiger partial charge in [0.1, 0.15) is 11.5 Å². The van der Waals surface area contributed by atoms with Gasteiger partial charge in [0.25, 0.3) is 0 Å². The van der Waals surface area contributed by atoms with Crippen molar-refractivity contribution in [3.05, 3.63) is 54.6 Å². The van der Waals surface area contributed by atoms with E-state index in [0.717, 1.165) is 22.7 Å². The summed E-state index contributed by atoms with van der Waals surface area (Å²) in [6.45, 7) is 3.93. The Morgan fingerprint density at radius 1 is 1.00 bits per heavy atom. The van der Waals surface area contributed by atoms with Crippen molar-refractivity contribution in [3.8, 4) is 34.3 Å². The maximum Gasteiger partial charge on any atom is 0.234 e. The molecule has 0 aliphatic rings. The quantitative estimate of drug-likeness (QED) is 0.769. The summed E-state index contributed by atoms with van der Waals surface area (Å²) < 4.78 is 12.8. The fourth-order valence-electron chi connectivity index (χ4n) is 2.42. The number of phenolic OH excluding ortho intramolecular Hbond substituents is 1. The van der Waals surface area contributed by atoms with Crippen molar-refractivity contribution in [2.45, 2.75) is 20.0 Å². The molecule has 0 fully saturated rings. The molecular weight excluding hydrogens is 304 g/mol.